The third kappa shape index (κ3) is 4.87. The zero-order valence-electron chi connectivity index (χ0n) is 12.5. The first-order chi connectivity index (χ1) is 10.8. The van der Waals surface area contributed by atoms with Gasteiger partial charge in [0.2, 0.25) is 10.0 Å². The molecule has 0 spiro atoms. The van der Waals surface area contributed by atoms with Crippen LogP contribution in [-0.2, 0) is 10.0 Å². The lowest BCUT2D eigenvalue weighted by atomic mass is 10.2. The summed E-state index contributed by atoms with van der Waals surface area (Å²) in [4.78, 5) is 12.2. The molecular formula is C15H15ClN2O4S. The van der Waals surface area contributed by atoms with Crippen LogP contribution in [0.2, 0.25) is 5.02 Å². The Labute approximate surface area is 139 Å². The minimum absolute atomic E-state index is 0.235. The van der Waals surface area contributed by atoms with Crippen molar-refractivity contribution in [1.82, 2.24) is 0 Å². The van der Waals surface area contributed by atoms with Crippen LogP contribution in [0, 0.1) is 0 Å². The second-order valence-corrected chi connectivity index (χ2v) is 6.94. The van der Waals surface area contributed by atoms with Crippen LogP contribution in [-0.4, -0.2) is 27.7 Å². The van der Waals surface area contributed by atoms with Crippen LogP contribution in [0.4, 0.5) is 11.4 Å². The fourth-order valence-electron chi connectivity index (χ4n) is 1.90. The monoisotopic (exact) mass is 354 g/mol. The van der Waals surface area contributed by atoms with Crippen molar-refractivity contribution in [3.8, 4) is 5.75 Å². The van der Waals surface area contributed by atoms with Crippen molar-refractivity contribution in [3.05, 3.63) is 53.1 Å². The molecule has 0 bridgehead atoms. The Morgan fingerprint density at radius 2 is 1.91 bits per heavy atom. The molecule has 0 saturated heterocycles. The Bertz CT molecular complexity index is 837. The van der Waals surface area contributed by atoms with E-state index >= 15 is 0 Å². The van der Waals surface area contributed by atoms with E-state index < -0.39 is 10.0 Å². The predicted molar refractivity (Wildman–Crippen MR) is 90.9 cm³/mol. The Morgan fingerprint density at radius 3 is 2.52 bits per heavy atom. The number of carbonyl (C=O) groups excluding carboxylic acids is 1. The van der Waals surface area contributed by atoms with E-state index in [2.05, 4.69) is 10.0 Å². The second-order valence-electron chi connectivity index (χ2n) is 4.75. The number of halogens is 1. The first-order valence-corrected chi connectivity index (χ1v) is 8.78. The van der Waals surface area contributed by atoms with E-state index in [0.717, 1.165) is 6.26 Å². The molecule has 0 aliphatic carbocycles. The van der Waals surface area contributed by atoms with E-state index in [-0.39, 0.29) is 11.6 Å². The highest BCUT2D eigenvalue weighted by molar-refractivity contribution is 7.92. The highest BCUT2D eigenvalue weighted by Gasteiger charge is 2.12. The van der Waals surface area contributed by atoms with E-state index in [1.54, 1.807) is 30.3 Å². The van der Waals surface area contributed by atoms with E-state index in [9.17, 15) is 13.2 Å². The van der Waals surface area contributed by atoms with Crippen molar-refractivity contribution in [2.24, 2.45) is 0 Å². The fourth-order valence-corrected chi connectivity index (χ4v) is 2.65. The molecule has 0 saturated carbocycles. The second kappa shape index (κ2) is 6.89. The summed E-state index contributed by atoms with van der Waals surface area (Å²) < 4.78 is 30.2. The van der Waals surface area contributed by atoms with Gasteiger partial charge in [0.15, 0.2) is 0 Å². The SMILES string of the molecule is COc1ccc(NC(=O)c2cccc(Cl)c2)cc1NS(C)(=O)=O. The van der Waals surface area contributed by atoms with Gasteiger partial charge in [0, 0.05) is 16.3 Å². The Morgan fingerprint density at radius 1 is 1.17 bits per heavy atom. The molecule has 0 unspecified atom stereocenters. The van der Waals surface area contributed by atoms with Crippen molar-refractivity contribution in [2.45, 2.75) is 0 Å². The van der Waals surface area contributed by atoms with Crippen molar-refractivity contribution in [1.29, 1.82) is 0 Å². The standard InChI is InChI=1S/C15H15ClN2O4S/c1-22-14-7-6-12(9-13(14)18-23(2,20)21)17-15(19)10-4-3-5-11(16)8-10/h3-9,18H,1-2H3,(H,17,19). The molecule has 8 heteroatoms. The number of carbonyl (C=O) groups is 1. The quantitative estimate of drug-likeness (QED) is 0.864. The molecule has 6 nitrogen and oxygen atoms in total. The maximum absolute atomic E-state index is 12.2. The number of sulfonamides is 1. The van der Waals surface area contributed by atoms with Gasteiger partial charge in [-0.1, -0.05) is 17.7 Å². The number of ether oxygens (including phenoxy) is 1. The van der Waals surface area contributed by atoms with Crippen LogP contribution in [0.1, 0.15) is 10.4 Å². The molecular weight excluding hydrogens is 340 g/mol. The highest BCUT2D eigenvalue weighted by Crippen LogP contribution is 2.28. The summed E-state index contributed by atoms with van der Waals surface area (Å²) in [6.45, 7) is 0. The molecule has 0 radical (unpaired) electrons. The van der Waals surface area contributed by atoms with E-state index in [1.807, 2.05) is 0 Å². The number of benzene rings is 2. The van der Waals surface area contributed by atoms with Gasteiger partial charge in [-0.05, 0) is 36.4 Å². The zero-order chi connectivity index (χ0) is 17.0. The Hall–Kier alpha value is -2.25. The first-order valence-electron chi connectivity index (χ1n) is 6.51. The van der Waals surface area contributed by atoms with Crippen LogP contribution in [0.25, 0.3) is 0 Å². The van der Waals surface area contributed by atoms with Gasteiger partial charge in [0.05, 0.1) is 19.1 Å². The average Bonchev–Trinajstić information content (AvgIpc) is 2.46. The van der Waals surface area contributed by atoms with Crippen molar-refractivity contribution in [2.75, 3.05) is 23.4 Å². The lowest BCUT2D eigenvalue weighted by Gasteiger charge is -2.12. The van der Waals surface area contributed by atoms with Crippen molar-refractivity contribution in [3.63, 3.8) is 0 Å². The number of methoxy groups -OCH3 is 1. The summed E-state index contributed by atoms with van der Waals surface area (Å²) >= 11 is 5.86. The van der Waals surface area contributed by atoms with Gasteiger partial charge < -0.3 is 10.1 Å². The Balaban J connectivity index is 2.26. The molecule has 2 aromatic carbocycles. The largest absolute Gasteiger partial charge is 0.495 e. The molecule has 0 aliphatic rings. The maximum atomic E-state index is 12.2. The summed E-state index contributed by atoms with van der Waals surface area (Å²) in [5.74, 6) is -0.0147. The van der Waals surface area contributed by atoms with E-state index in [4.69, 9.17) is 16.3 Å². The predicted octanol–water partition coefficient (Wildman–Crippen LogP) is 2.97. The fraction of sp³-hybridized carbons (Fsp3) is 0.133. The normalized spacial score (nSPS) is 10.9. The van der Waals surface area contributed by atoms with Crippen LogP contribution >= 0.6 is 11.6 Å². The molecule has 0 fully saturated rings. The highest BCUT2D eigenvalue weighted by atomic mass is 35.5. The molecule has 122 valence electrons. The maximum Gasteiger partial charge on any atom is 0.255 e. The lowest BCUT2D eigenvalue weighted by molar-refractivity contribution is 0.102. The first kappa shape index (κ1) is 17.1. The van der Waals surface area contributed by atoms with Gasteiger partial charge in [0.1, 0.15) is 5.75 Å². The van der Waals surface area contributed by atoms with Crippen LogP contribution in [0.5, 0.6) is 5.75 Å². The summed E-state index contributed by atoms with van der Waals surface area (Å²) in [6, 6.07) is 11.1. The zero-order valence-corrected chi connectivity index (χ0v) is 14.0. The minimum Gasteiger partial charge on any atom is -0.495 e. The molecule has 0 heterocycles. The smallest absolute Gasteiger partial charge is 0.255 e. The van der Waals surface area contributed by atoms with Gasteiger partial charge in [-0.2, -0.15) is 0 Å². The number of hydrogen-bond acceptors (Lipinski definition) is 4. The number of nitrogens with one attached hydrogen (secondary N) is 2. The molecule has 1 amide bonds. The number of hydrogen-bond donors (Lipinski definition) is 2. The summed E-state index contributed by atoms with van der Waals surface area (Å²) in [5, 5.41) is 3.13. The van der Waals surface area contributed by atoms with E-state index in [1.165, 1.54) is 19.2 Å². The van der Waals surface area contributed by atoms with Crippen LogP contribution < -0.4 is 14.8 Å². The lowest BCUT2D eigenvalue weighted by Crippen LogP contribution is -2.13. The molecule has 0 aliphatic heterocycles. The number of rotatable bonds is 5. The topological polar surface area (TPSA) is 84.5 Å². The average molecular weight is 355 g/mol. The summed E-state index contributed by atoms with van der Waals surface area (Å²) in [7, 11) is -2.05. The van der Waals surface area contributed by atoms with Crippen LogP contribution in [0.3, 0.4) is 0 Å². The minimum atomic E-state index is -3.47. The Kier molecular flexibility index (Phi) is 5.12. The molecule has 2 rings (SSSR count). The third-order valence-electron chi connectivity index (χ3n) is 2.84. The van der Waals surface area contributed by atoms with Crippen molar-refractivity contribution < 1.29 is 17.9 Å². The van der Waals surface area contributed by atoms with Gasteiger partial charge in [-0.15, -0.1) is 0 Å². The molecule has 0 aromatic heterocycles. The molecule has 2 aromatic rings. The molecule has 0 atom stereocenters. The number of amides is 1. The number of anilines is 2. The van der Waals surface area contributed by atoms with Gasteiger partial charge in [-0.25, -0.2) is 8.42 Å². The summed E-state index contributed by atoms with van der Waals surface area (Å²) in [5.41, 5.74) is 1.05. The molecule has 23 heavy (non-hydrogen) atoms. The third-order valence-corrected chi connectivity index (χ3v) is 3.67. The van der Waals surface area contributed by atoms with Gasteiger partial charge >= 0.3 is 0 Å². The molecule has 2 N–H and O–H groups in total. The van der Waals surface area contributed by atoms with E-state index in [0.29, 0.717) is 22.0 Å². The summed E-state index contributed by atoms with van der Waals surface area (Å²) in [6.07, 6.45) is 1.03. The van der Waals surface area contributed by atoms with Crippen molar-refractivity contribution >= 4 is 38.9 Å². The van der Waals surface area contributed by atoms with Gasteiger partial charge in [-0.3, -0.25) is 9.52 Å². The van der Waals surface area contributed by atoms with Crippen LogP contribution in [0.15, 0.2) is 42.5 Å². The van der Waals surface area contributed by atoms with Gasteiger partial charge in [0.25, 0.3) is 5.91 Å².